The van der Waals surface area contributed by atoms with Gasteiger partial charge in [-0.05, 0) is 48.2 Å². The lowest BCUT2D eigenvalue weighted by molar-refractivity contribution is -0.387. The zero-order valence-corrected chi connectivity index (χ0v) is 18.7. The highest BCUT2D eigenvalue weighted by Gasteiger charge is 2.18. The number of rotatable bonds is 7. The molecule has 0 aliphatic heterocycles. The minimum Gasteiger partial charge on any atom is -0.459 e. The molecule has 0 aliphatic rings. The van der Waals surface area contributed by atoms with E-state index in [1.54, 1.807) is 36.4 Å². The smallest absolute Gasteiger partial charge is 0.307 e. The molecule has 2 N–H and O–H groups in total. The summed E-state index contributed by atoms with van der Waals surface area (Å²) in [7, 11) is 0. The van der Waals surface area contributed by atoms with Crippen molar-refractivity contribution >= 4 is 52.8 Å². The summed E-state index contributed by atoms with van der Waals surface area (Å²) in [4.78, 5) is 27.5. The number of furan rings is 1. The van der Waals surface area contributed by atoms with E-state index >= 15 is 0 Å². The third kappa shape index (κ3) is 5.40. The van der Waals surface area contributed by atoms with Crippen molar-refractivity contribution in [2.24, 2.45) is 5.10 Å². The third-order valence-corrected chi connectivity index (χ3v) is 5.63. The molecule has 2 heterocycles. The van der Waals surface area contributed by atoms with Gasteiger partial charge >= 0.3 is 5.91 Å². The maximum Gasteiger partial charge on any atom is 0.307 e. The number of carbonyl (C=O) groups is 1. The molecule has 0 bridgehead atoms. The number of hydrogen-bond donors (Lipinski definition) is 2. The Bertz CT molecular complexity index is 1360. The molecule has 0 atom stereocenters. The summed E-state index contributed by atoms with van der Waals surface area (Å²) >= 11 is 13.1. The number of H-pyrrole nitrogens is 1. The van der Waals surface area contributed by atoms with E-state index in [0.717, 1.165) is 11.8 Å². The van der Waals surface area contributed by atoms with Crippen LogP contribution in [-0.4, -0.2) is 32.2 Å². The molecule has 0 saturated heterocycles. The number of nitrogens with one attached hydrogen (secondary N) is 2. The number of halogens is 2. The van der Waals surface area contributed by atoms with Crippen LogP contribution < -0.4 is 5.43 Å². The summed E-state index contributed by atoms with van der Waals surface area (Å²) in [5, 5.41) is 23.4. The molecule has 0 saturated carbocycles. The van der Waals surface area contributed by atoms with E-state index in [-0.39, 0.29) is 16.6 Å². The van der Waals surface area contributed by atoms with Crippen molar-refractivity contribution in [2.75, 3.05) is 0 Å². The van der Waals surface area contributed by atoms with Crippen molar-refractivity contribution in [3.8, 4) is 11.4 Å². The summed E-state index contributed by atoms with van der Waals surface area (Å²) in [5.41, 5.74) is 3.12. The van der Waals surface area contributed by atoms with Gasteiger partial charge in [0.25, 0.3) is 5.69 Å². The van der Waals surface area contributed by atoms with E-state index in [4.69, 9.17) is 27.6 Å². The molecule has 0 fully saturated rings. The fourth-order valence-electron chi connectivity index (χ4n) is 2.66. The second-order valence-corrected chi connectivity index (χ2v) is 8.21. The van der Waals surface area contributed by atoms with Crippen molar-refractivity contribution < 1.29 is 14.1 Å². The molecule has 2 aromatic carbocycles. The quantitative estimate of drug-likeness (QED) is 0.201. The Labute approximate surface area is 200 Å². The van der Waals surface area contributed by atoms with E-state index in [9.17, 15) is 14.9 Å². The molecule has 4 aromatic rings. The lowest BCUT2D eigenvalue weighted by Gasteiger charge is -2.02. The van der Waals surface area contributed by atoms with E-state index in [1.165, 1.54) is 24.6 Å². The number of nitrogens with zero attached hydrogens (tertiary/aromatic N) is 4. The van der Waals surface area contributed by atoms with Gasteiger partial charge in [0.15, 0.2) is 11.6 Å². The number of nitro benzene ring substituents is 1. The van der Waals surface area contributed by atoms with Gasteiger partial charge in [0, 0.05) is 22.2 Å². The maximum absolute atomic E-state index is 11.8. The van der Waals surface area contributed by atoms with Crippen LogP contribution in [0.1, 0.15) is 16.1 Å². The average Bonchev–Trinajstić information content (AvgIpc) is 3.47. The van der Waals surface area contributed by atoms with Crippen LogP contribution in [0.3, 0.4) is 0 Å². The third-order valence-electron chi connectivity index (χ3n) is 4.16. The fourth-order valence-corrected chi connectivity index (χ4v) is 3.96. The average molecular weight is 503 g/mol. The Kier molecular flexibility index (Phi) is 6.73. The highest BCUT2D eigenvalue weighted by molar-refractivity contribution is 7.99. The number of aromatic amines is 1. The van der Waals surface area contributed by atoms with Crippen molar-refractivity contribution in [1.29, 1.82) is 0 Å². The summed E-state index contributed by atoms with van der Waals surface area (Å²) in [6, 6.07) is 12.5. The molecule has 0 aliphatic carbocycles. The van der Waals surface area contributed by atoms with Gasteiger partial charge in [-0.3, -0.25) is 20.0 Å². The summed E-state index contributed by atoms with van der Waals surface area (Å²) in [5.74, 6) is -0.0485. The fraction of sp³-hybridized carbons (Fsp3) is 0. The van der Waals surface area contributed by atoms with Crippen molar-refractivity contribution in [2.45, 2.75) is 10.1 Å². The molecule has 0 unspecified atom stereocenters. The minimum atomic E-state index is -0.542. The second-order valence-electron chi connectivity index (χ2n) is 6.35. The first-order valence-electron chi connectivity index (χ1n) is 9.12. The number of hydrogen-bond acceptors (Lipinski definition) is 8. The number of aromatic nitrogens is 3. The van der Waals surface area contributed by atoms with Crippen LogP contribution in [0.15, 0.2) is 74.4 Å². The predicted molar refractivity (Wildman–Crippen MR) is 123 cm³/mol. The van der Waals surface area contributed by atoms with Crippen LogP contribution in [-0.2, 0) is 0 Å². The zero-order valence-electron chi connectivity index (χ0n) is 16.4. The van der Waals surface area contributed by atoms with Gasteiger partial charge in [0.1, 0.15) is 0 Å². The number of benzene rings is 2. The first kappa shape index (κ1) is 22.5. The molecule has 0 radical (unpaired) electrons. The normalized spacial score (nSPS) is 11.1. The summed E-state index contributed by atoms with van der Waals surface area (Å²) in [6.07, 6.45) is 2.65. The van der Waals surface area contributed by atoms with Crippen molar-refractivity contribution in [3.63, 3.8) is 0 Å². The Morgan fingerprint density at radius 3 is 2.82 bits per heavy atom. The van der Waals surface area contributed by atoms with Gasteiger partial charge in [-0.1, -0.05) is 29.3 Å². The van der Waals surface area contributed by atoms with Gasteiger partial charge in [-0.15, -0.1) is 5.10 Å². The lowest BCUT2D eigenvalue weighted by Crippen LogP contribution is -2.16. The molecular weight excluding hydrogens is 491 g/mol. The minimum absolute atomic E-state index is 0.0932. The molecule has 13 heteroatoms. The second kappa shape index (κ2) is 9.86. The highest BCUT2D eigenvalue weighted by Crippen LogP contribution is 2.35. The number of carbonyl (C=O) groups excluding carboxylic acids is 1. The highest BCUT2D eigenvalue weighted by atomic mass is 35.5. The van der Waals surface area contributed by atoms with Crippen LogP contribution in [0.5, 0.6) is 0 Å². The topological polar surface area (TPSA) is 139 Å². The van der Waals surface area contributed by atoms with Crippen molar-refractivity contribution in [1.82, 2.24) is 20.6 Å². The molecule has 10 nitrogen and oxygen atoms in total. The Morgan fingerprint density at radius 2 is 2.09 bits per heavy atom. The Hall–Kier alpha value is -3.67. The standard InChI is InChI=1S/C20H12Cl2N6O4S/c21-12-4-5-13(14(22)9-12)18-24-20(27-25-18)33-17-6-3-11(8-15(17)28(30)31)10-23-26-19(29)16-2-1-7-32-16/h1-10H,(H,26,29)(H,24,25,27)/b23-10-. The number of amides is 1. The monoisotopic (exact) mass is 502 g/mol. The van der Waals surface area contributed by atoms with Gasteiger partial charge in [-0.2, -0.15) is 5.10 Å². The molecule has 1 amide bonds. The summed E-state index contributed by atoms with van der Waals surface area (Å²) in [6.45, 7) is 0. The first-order valence-corrected chi connectivity index (χ1v) is 10.7. The van der Waals surface area contributed by atoms with E-state index in [2.05, 4.69) is 25.7 Å². The van der Waals surface area contributed by atoms with Crippen LogP contribution in [0, 0.1) is 10.1 Å². The summed E-state index contributed by atoms with van der Waals surface area (Å²) < 4.78 is 4.96. The Morgan fingerprint density at radius 1 is 1.24 bits per heavy atom. The first-order chi connectivity index (χ1) is 15.9. The predicted octanol–water partition coefficient (Wildman–Crippen LogP) is 5.19. The molecule has 166 valence electrons. The zero-order chi connectivity index (χ0) is 23.4. The maximum atomic E-state index is 11.8. The van der Waals surface area contributed by atoms with E-state index < -0.39 is 10.8 Å². The molecular formula is C20H12Cl2N6O4S. The van der Waals surface area contributed by atoms with Crippen LogP contribution in [0.25, 0.3) is 11.4 Å². The van der Waals surface area contributed by atoms with Gasteiger partial charge < -0.3 is 4.42 Å². The molecule has 2 aromatic heterocycles. The van der Waals surface area contributed by atoms with Crippen molar-refractivity contribution in [3.05, 3.63) is 86.3 Å². The van der Waals surface area contributed by atoms with E-state index in [0.29, 0.717) is 31.9 Å². The van der Waals surface area contributed by atoms with Gasteiger partial charge in [-0.25, -0.2) is 10.4 Å². The van der Waals surface area contributed by atoms with Gasteiger partial charge in [0.05, 0.1) is 27.3 Å². The van der Waals surface area contributed by atoms with E-state index in [1.807, 2.05) is 0 Å². The molecule has 33 heavy (non-hydrogen) atoms. The largest absolute Gasteiger partial charge is 0.459 e. The number of nitro groups is 1. The number of hydrazone groups is 1. The Balaban J connectivity index is 1.50. The lowest BCUT2D eigenvalue weighted by atomic mass is 10.2. The molecule has 4 rings (SSSR count). The van der Waals surface area contributed by atoms with Crippen LogP contribution in [0.4, 0.5) is 5.69 Å². The van der Waals surface area contributed by atoms with Gasteiger partial charge in [0.2, 0.25) is 5.16 Å². The SMILES string of the molecule is O=C(N/N=C\c1ccc(Sc2n[nH]c(-c3ccc(Cl)cc3Cl)n2)c([N+](=O)[O-])c1)c1ccco1. The molecule has 0 spiro atoms. The van der Waals surface area contributed by atoms with Crippen LogP contribution in [0.2, 0.25) is 10.0 Å². The van der Waals surface area contributed by atoms with Crippen LogP contribution >= 0.6 is 35.0 Å².